The van der Waals surface area contributed by atoms with Crippen LogP contribution in [0.25, 0.3) is 0 Å². The normalized spacial score (nSPS) is 10.9. The predicted octanol–water partition coefficient (Wildman–Crippen LogP) is 1.11. The molecule has 0 unspecified atom stereocenters. The van der Waals surface area contributed by atoms with E-state index in [1.807, 2.05) is 0 Å². The van der Waals surface area contributed by atoms with Crippen LogP contribution in [0.5, 0.6) is 0 Å². The Kier molecular flexibility index (Phi) is 2.53. The number of nitrogens with two attached hydrogens (primary N) is 1. The first-order valence-electron chi connectivity index (χ1n) is 3.17. The van der Waals surface area contributed by atoms with Gasteiger partial charge in [-0.15, -0.1) is 0 Å². The number of aromatic nitrogens is 1. The molecule has 0 aliphatic heterocycles. The van der Waals surface area contributed by atoms with Crippen molar-refractivity contribution < 1.29 is 13.2 Å². The van der Waals surface area contributed by atoms with Crippen LogP contribution in [0.15, 0.2) is 10.6 Å². The highest BCUT2D eigenvalue weighted by molar-refractivity contribution is 4.95. The third-order valence-electron chi connectivity index (χ3n) is 1.15. The summed E-state index contributed by atoms with van der Waals surface area (Å²) in [4.78, 5) is 3.36. The topological polar surface area (TPSA) is 52.0 Å². The first-order chi connectivity index (χ1) is 5.24. The van der Waals surface area contributed by atoms with Gasteiger partial charge in [-0.2, -0.15) is 8.78 Å². The second kappa shape index (κ2) is 3.43. The van der Waals surface area contributed by atoms with Gasteiger partial charge in [0.15, 0.2) is 0 Å². The van der Waals surface area contributed by atoms with E-state index >= 15 is 0 Å². The van der Waals surface area contributed by atoms with Crippen LogP contribution in [0.2, 0.25) is 0 Å². The van der Waals surface area contributed by atoms with Gasteiger partial charge in [-0.05, 0) is 6.54 Å². The monoisotopic (exact) mass is 162 g/mol. The summed E-state index contributed by atoms with van der Waals surface area (Å²) in [5.41, 5.74) is 5.17. The van der Waals surface area contributed by atoms with E-state index in [1.165, 1.54) is 6.20 Å². The predicted molar refractivity (Wildman–Crippen MR) is 34.2 cm³/mol. The Balaban J connectivity index is 2.66. The molecule has 62 valence electrons. The molecule has 1 aromatic rings. The van der Waals surface area contributed by atoms with Crippen molar-refractivity contribution >= 4 is 0 Å². The number of nitrogens with zero attached hydrogens (tertiary/aromatic N) is 1. The number of hydrogen-bond acceptors (Lipinski definition) is 3. The molecule has 0 bridgehead atoms. The smallest absolute Gasteiger partial charge is 0.313 e. The lowest BCUT2D eigenvalue weighted by Gasteiger charge is -1.90. The number of halogens is 2. The van der Waals surface area contributed by atoms with Gasteiger partial charge in [-0.25, -0.2) is 4.98 Å². The quantitative estimate of drug-likeness (QED) is 0.724. The minimum Gasteiger partial charge on any atom is -0.440 e. The Morgan fingerprint density at radius 3 is 2.82 bits per heavy atom. The molecule has 0 fully saturated rings. The van der Waals surface area contributed by atoms with Crippen LogP contribution in [-0.4, -0.2) is 11.5 Å². The average Bonchev–Trinajstić information content (AvgIpc) is 2.37. The van der Waals surface area contributed by atoms with Crippen LogP contribution >= 0.6 is 0 Å². The van der Waals surface area contributed by atoms with Crippen molar-refractivity contribution in [1.29, 1.82) is 0 Å². The number of rotatable bonds is 3. The van der Waals surface area contributed by atoms with Crippen molar-refractivity contribution in [3.8, 4) is 0 Å². The summed E-state index contributed by atoms with van der Waals surface area (Å²) in [6.45, 7) is 0.373. The van der Waals surface area contributed by atoms with Gasteiger partial charge < -0.3 is 10.2 Å². The Labute approximate surface area is 62.2 Å². The molecule has 0 saturated heterocycles. The fraction of sp³-hybridized carbons (Fsp3) is 0.500. The van der Waals surface area contributed by atoms with Gasteiger partial charge in [0.1, 0.15) is 5.76 Å². The standard InChI is InChI=1S/C6H8F2N2O/c7-5(8)6-10-3-4(11-6)1-2-9/h3,5H,1-2,9H2. The van der Waals surface area contributed by atoms with Crippen molar-refractivity contribution in [1.82, 2.24) is 4.98 Å². The minimum atomic E-state index is -2.64. The van der Waals surface area contributed by atoms with E-state index in [0.717, 1.165) is 0 Å². The molecule has 0 atom stereocenters. The zero-order valence-corrected chi connectivity index (χ0v) is 5.76. The Hall–Kier alpha value is -0.970. The summed E-state index contributed by atoms with van der Waals surface area (Å²) in [6, 6.07) is 0. The fourth-order valence-electron chi connectivity index (χ4n) is 0.681. The first-order valence-corrected chi connectivity index (χ1v) is 3.17. The zero-order chi connectivity index (χ0) is 8.27. The van der Waals surface area contributed by atoms with Crippen LogP contribution < -0.4 is 5.73 Å². The molecule has 1 aromatic heterocycles. The van der Waals surface area contributed by atoms with E-state index in [0.29, 0.717) is 18.7 Å². The lowest BCUT2D eigenvalue weighted by Crippen LogP contribution is -2.01. The molecule has 0 aromatic carbocycles. The average molecular weight is 162 g/mol. The maximum absolute atomic E-state index is 11.8. The fourth-order valence-corrected chi connectivity index (χ4v) is 0.681. The number of alkyl halides is 2. The van der Waals surface area contributed by atoms with Gasteiger partial charge >= 0.3 is 6.43 Å². The molecule has 0 amide bonds. The van der Waals surface area contributed by atoms with E-state index in [-0.39, 0.29) is 0 Å². The van der Waals surface area contributed by atoms with Crippen LogP contribution in [-0.2, 0) is 6.42 Å². The summed E-state index contributed by atoms with van der Waals surface area (Å²) >= 11 is 0. The summed E-state index contributed by atoms with van der Waals surface area (Å²) in [7, 11) is 0. The zero-order valence-electron chi connectivity index (χ0n) is 5.76. The lowest BCUT2D eigenvalue weighted by molar-refractivity contribution is 0.113. The lowest BCUT2D eigenvalue weighted by atomic mass is 10.4. The molecule has 1 rings (SSSR count). The molecule has 0 radical (unpaired) electrons. The molecule has 11 heavy (non-hydrogen) atoms. The van der Waals surface area contributed by atoms with Crippen molar-refractivity contribution in [3.63, 3.8) is 0 Å². The summed E-state index contributed by atoms with van der Waals surface area (Å²) in [5.74, 6) is -0.128. The van der Waals surface area contributed by atoms with E-state index in [9.17, 15) is 8.78 Å². The SMILES string of the molecule is NCCc1cnc(C(F)F)o1. The first kappa shape index (κ1) is 8.13. The second-order valence-electron chi connectivity index (χ2n) is 2.00. The maximum Gasteiger partial charge on any atom is 0.313 e. The van der Waals surface area contributed by atoms with E-state index in [1.54, 1.807) is 0 Å². The van der Waals surface area contributed by atoms with E-state index in [4.69, 9.17) is 5.73 Å². The van der Waals surface area contributed by atoms with Crippen LogP contribution in [0.3, 0.4) is 0 Å². The molecule has 0 aliphatic carbocycles. The van der Waals surface area contributed by atoms with Crippen molar-refractivity contribution in [2.45, 2.75) is 12.8 Å². The van der Waals surface area contributed by atoms with Crippen molar-refractivity contribution in [2.75, 3.05) is 6.54 Å². The molecule has 5 heteroatoms. The third kappa shape index (κ3) is 1.98. The highest BCUT2D eigenvalue weighted by atomic mass is 19.3. The van der Waals surface area contributed by atoms with Gasteiger partial charge in [0, 0.05) is 6.42 Å². The summed E-state index contributed by atoms with van der Waals surface area (Å²) in [6.07, 6.45) is -0.921. The Morgan fingerprint density at radius 2 is 2.36 bits per heavy atom. The van der Waals surface area contributed by atoms with Crippen molar-refractivity contribution in [2.24, 2.45) is 5.73 Å². The largest absolute Gasteiger partial charge is 0.440 e. The summed E-state index contributed by atoms with van der Waals surface area (Å²) < 4.78 is 28.3. The molecule has 1 heterocycles. The molecule has 0 saturated carbocycles. The molecular formula is C6H8F2N2O. The highest BCUT2D eigenvalue weighted by Gasteiger charge is 2.13. The van der Waals surface area contributed by atoms with Gasteiger partial charge in [0.25, 0.3) is 5.89 Å². The number of hydrogen-bond donors (Lipinski definition) is 1. The summed E-state index contributed by atoms with van der Waals surface area (Å²) in [5, 5.41) is 0. The van der Waals surface area contributed by atoms with Crippen LogP contribution in [0.4, 0.5) is 8.78 Å². The van der Waals surface area contributed by atoms with Gasteiger partial charge in [0.05, 0.1) is 6.20 Å². The molecule has 2 N–H and O–H groups in total. The van der Waals surface area contributed by atoms with Crippen molar-refractivity contribution in [3.05, 3.63) is 17.8 Å². The molecule has 3 nitrogen and oxygen atoms in total. The molecule has 0 aliphatic rings. The highest BCUT2D eigenvalue weighted by Crippen LogP contribution is 2.17. The van der Waals surface area contributed by atoms with Gasteiger partial charge in [0.2, 0.25) is 0 Å². The Bertz CT molecular complexity index is 224. The van der Waals surface area contributed by atoms with E-state index < -0.39 is 12.3 Å². The molecular weight excluding hydrogens is 154 g/mol. The second-order valence-corrected chi connectivity index (χ2v) is 2.00. The Morgan fingerprint density at radius 1 is 1.64 bits per heavy atom. The minimum absolute atomic E-state index is 0.373. The van der Waals surface area contributed by atoms with E-state index in [2.05, 4.69) is 9.40 Å². The number of oxazole rings is 1. The van der Waals surface area contributed by atoms with Crippen LogP contribution in [0.1, 0.15) is 18.1 Å². The van der Waals surface area contributed by atoms with Gasteiger partial charge in [-0.1, -0.05) is 0 Å². The maximum atomic E-state index is 11.8. The van der Waals surface area contributed by atoms with Crippen LogP contribution in [0, 0.1) is 0 Å². The third-order valence-corrected chi connectivity index (χ3v) is 1.15. The van der Waals surface area contributed by atoms with Gasteiger partial charge in [-0.3, -0.25) is 0 Å². The molecule has 0 spiro atoms.